The summed E-state index contributed by atoms with van der Waals surface area (Å²) in [5, 5.41) is 4.55. The zero-order valence-corrected chi connectivity index (χ0v) is 14.4. The minimum Gasteiger partial charge on any atom is -0.334 e. The Morgan fingerprint density at radius 2 is 2.00 bits per heavy atom. The van der Waals surface area contributed by atoms with Crippen LogP contribution in [0.25, 0.3) is 22.4 Å². The lowest BCUT2D eigenvalue weighted by molar-refractivity contribution is 0.405. The van der Waals surface area contributed by atoms with Gasteiger partial charge in [0.1, 0.15) is 16.1 Å². The number of nitrogens with zero attached hydrogens (tertiary/aromatic N) is 3. The first-order chi connectivity index (χ1) is 11.9. The SMILES string of the molecule is CS(=O)(=O)C1(c2noc(-c3cnc4c(F)cccc4c3)n2)CCCC1. The van der Waals surface area contributed by atoms with Crippen molar-refractivity contribution in [3.8, 4) is 11.5 Å². The van der Waals surface area contributed by atoms with Crippen molar-refractivity contribution in [3.63, 3.8) is 0 Å². The summed E-state index contributed by atoms with van der Waals surface area (Å²) >= 11 is 0. The summed E-state index contributed by atoms with van der Waals surface area (Å²) in [7, 11) is -3.38. The van der Waals surface area contributed by atoms with Crippen LogP contribution in [0.4, 0.5) is 4.39 Å². The first-order valence-electron chi connectivity index (χ1n) is 7.99. The zero-order chi connectivity index (χ0) is 17.7. The molecule has 2 heterocycles. The van der Waals surface area contributed by atoms with Crippen LogP contribution in [0.5, 0.6) is 0 Å². The lowest BCUT2D eigenvalue weighted by Crippen LogP contribution is -2.33. The number of para-hydroxylation sites is 1. The molecule has 0 atom stereocenters. The summed E-state index contributed by atoms with van der Waals surface area (Å²) in [5.74, 6) is -0.0253. The number of benzene rings is 1. The van der Waals surface area contributed by atoms with Crippen LogP contribution in [-0.4, -0.2) is 29.8 Å². The Kier molecular flexibility index (Phi) is 3.61. The van der Waals surface area contributed by atoms with Crippen molar-refractivity contribution < 1.29 is 17.3 Å². The predicted molar refractivity (Wildman–Crippen MR) is 90.0 cm³/mol. The molecule has 1 fully saturated rings. The van der Waals surface area contributed by atoms with Gasteiger partial charge in [-0.25, -0.2) is 12.8 Å². The van der Waals surface area contributed by atoms with E-state index in [2.05, 4.69) is 15.1 Å². The third-order valence-electron chi connectivity index (χ3n) is 4.86. The van der Waals surface area contributed by atoms with Gasteiger partial charge < -0.3 is 4.52 Å². The molecule has 8 heteroatoms. The summed E-state index contributed by atoms with van der Waals surface area (Å²) in [4.78, 5) is 8.45. The second kappa shape index (κ2) is 5.59. The Morgan fingerprint density at radius 1 is 1.24 bits per heavy atom. The Bertz CT molecular complexity index is 1060. The van der Waals surface area contributed by atoms with E-state index in [1.807, 2.05) is 0 Å². The molecule has 130 valence electrons. The van der Waals surface area contributed by atoms with E-state index < -0.39 is 20.4 Å². The average Bonchev–Trinajstić information content (AvgIpc) is 3.24. The highest BCUT2D eigenvalue weighted by Crippen LogP contribution is 2.44. The maximum Gasteiger partial charge on any atom is 0.259 e. The molecule has 0 N–H and O–H groups in total. The molecule has 0 saturated heterocycles. The molecule has 0 amide bonds. The fourth-order valence-corrected chi connectivity index (χ4v) is 4.92. The zero-order valence-electron chi connectivity index (χ0n) is 13.6. The van der Waals surface area contributed by atoms with Crippen molar-refractivity contribution in [1.82, 2.24) is 15.1 Å². The molecule has 0 spiro atoms. The van der Waals surface area contributed by atoms with Gasteiger partial charge in [-0.05, 0) is 25.0 Å². The standard InChI is InChI=1S/C17H16FN3O3S/c1-25(22,23)17(7-2-3-8-17)16-20-15(24-21-16)12-9-11-5-4-6-13(18)14(11)19-10-12/h4-6,9-10H,2-3,7-8H2,1H3. The number of rotatable bonds is 3. The van der Waals surface area contributed by atoms with Crippen molar-refractivity contribution in [2.45, 2.75) is 30.4 Å². The molecule has 1 aromatic carbocycles. The van der Waals surface area contributed by atoms with Crippen molar-refractivity contribution >= 4 is 20.7 Å². The lowest BCUT2D eigenvalue weighted by atomic mass is 10.1. The number of aromatic nitrogens is 3. The van der Waals surface area contributed by atoms with E-state index >= 15 is 0 Å². The van der Waals surface area contributed by atoms with Crippen LogP contribution in [-0.2, 0) is 14.6 Å². The van der Waals surface area contributed by atoms with E-state index in [1.54, 1.807) is 18.2 Å². The monoisotopic (exact) mass is 361 g/mol. The summed E-state index contributed by atoms with van der Waals surface area (Å²) in [6, 6.07) is 6.38. The van der Waals surface area contributed by atoms with Crippen molar-refractivity contribution in [3.05, 3.63) is 42.1 Å². The molecule has 1 aliphatic rings. The van der Waals surface area contributed by atoms with Gasteiger partial charge in [0.15, 0.2) is 15.7 Å². The fraction of sp³-hybridized carbons (Fsp3) is 0.353. The summed E-state index contributed by atoms with van der Waals surface area (Å²) in [6.07, 6.45) is 5.28. The number of pyridine rings is 1. The van der Waals surface area contributed by atoms with Crippen LogP contribution < -0.4 is 0 Å². The number of hydrogen-bond donors (Lipinski definition) is 0. The highest BCUT2D eigenvalue weighted by molar-refractivity contribution is 7.91. The molecule has 0 aliphatic heterocycles. The first kappa shape index (κ1) is 16.1. The minimum atomic E-state index is -3.38. The molecule has 0 radical (unpaired) electrons. The number of hydrogen-bond acceptors (Lipinski definition) is 6. The molecule has 2 aromatic heterocycles. The number of halogens is 1. The molecular formula is C17H16FN3O3S. The van der Waals surface area contributed by atoms with Gasteiger partial charge in [-0.15, -0.1) is 0 Å². The Balaban J connectivity index is 1.79. The first-order valence-corrected chi connectivity index (χ1v) is 9.88. The smallest absolute Gasteiger partial charge is 0.259 e. The molecule has 25 heavy (non-hydrogen) atoms. The lowest BCUT2D eigenvalue weighted by Gasteiger charge is -2.22. The minimum absolute atomic E-state index is 0.184. The highest BCUT2D eigenvalue weighted by Gasteiger charge is 2.48. The van der Waals surface area contributed by atoms with Gasteiger partial charge in [0, 0.05) is 17.8 Å². The molecular weight excluding hydrogens is 345 g/mol. The van der Waals surface area contributed by atoms with Crippen molar-refractivity contribution in [1.29, 1.82) is 0 Å². The molecule has 4 rings (SSSR count). The van der Waals surface area contributed by atoms with Crippen molar-refractivity contribution in [2.24, 2.45) is 0 Å². The van der Waals surface area contributed by atoms with Crippen LogP contribution in [0.2, 0.25) is 0 Å². The quantitative estimate of drug-likeness (QED) is 0.712. The van der Waals surface area contributed by atoms with E-state index in [-0.39, 0.29) is 17.2 Å². The predicted octanol–water partition coefficient (Wildman–Crippen LogP) is 3.24. The average molecular weight is 361 g/mol. The van der Waals surface area contributed by atoms with E-state index in [9.17, 15) is 12.8 Å². The Morgan fingerprint density at radius 3 is 2.72 bits per heavy atom. The molecule has 1 aliphatic carbocycles. The van der Waals surface area contributed by atoms with E-state index in [0.717, 1.165) is 12.8 Å². The van der Waals surface area contributed by atoms with Gasteiger partial charge in [-0.1, -0.05) is 30.1 Å². The van der Waals surface area contributed by atoms with Gasteiger partial charge in [0.05, 0.1) is 5.56 Å². The second-order valence-electron chi connectivity index (χ2n) is 6.43. The largest absolute Gasteiger partial charge is 0.334 e. The van der Waals surface area contributed by atoms with Crippen LogP contribution in [0.15, 0.2) is 35.0 Å². The normalized spacial score (nSPS) is 17.2. The number of sulfone groups is 1. The third kappa shape index (κ3) is 2.52. The van der Waals surface area contributed by atoms with E-state index in [1.165, 1.54) is 18.5 Å². The van der Waals surface area contributed by atoms with E-state index in [0.29, 0.717) is 23.8 Å². The van der Waals surface area contributed by atoms with Gasteiger partial charge in [0.2, 0.25) is 0 Å². The molecule has 3 aromatic rings. The highest BCUT2D eigenvalue weighted by atomic mass is 32.2. The number of fused-ring (bicyclic) bond motifs is 1. The van der Waals surface area contributed by atoms with Crippen LogP contribution in [0, 0.1) is 5.82 Å². The molecule has 1 saturated carbocycles. The third-order valence-corrected chi connectivity index (χ3v) is 6.87. The molecule has 6 nitrogen and oxygen atoms in total. The maximum atomic E-state index is 13.7. The fourth-order valence-electron chi connectivity index (χ4n) is 3.47. The van der Waals surface area contributed by atoms with Crippen LogP contribution in [0.1, 0.15) is 31.5 Å². The summed E-state index contributed by atoms with van der Waals surface area (Å²) < 4.78 is 42.6. The van der Waals surface area contributed by atoms with Crippen molar-refractivity contribution in [2.75, 3.05) is 6.26 Å². The second-order valence-corrected chi connectivity index (χ2v) is 8.76. The van der Waals surface area contributed by atoms with Gasteiger partial charge in [-0.2, -0.15) is 4.98 Å². The van der Waals surface area contributed by atoms with E-state index in [4.69, 9.17) is 4.52 Å². The van der Waals surface area contributed by atoms with Gasteiger partial charge >= 0.3 is 0 Å². The Hall–Kier alpha value is -2.35. The van der Waals surface area contributed by atoms with Crippen LogP contribution >= 0.6 is 0 Å². The van der Waals surface area contributed by atoms with Gasteiger partial charge in [0.25, 0.3) is 5.89 Å². The Labute approximate surface area is 144 Å². The van der Waals surface area contributed by atoms with Crippen LogP contribution in [0.3, 0.4) is 0 Å². The molecule has 0 unspecified atom stereocenters. The summed E-state index contributed by atoms with van der Waals surface area (Å²) in [6.45, 7) is 0. The maximum absolute atomic E-state index is 13.7. The molecule has 0 bridgehead atoms. The topological polar surface area (TPSA) is 86.0 Å². The summed E-state index contributed by atoms with van der Waals surface area (Å²) in [5.41, 5.74) is 0.785. The van der Waals surface area contributed by atoms with Gasteiger partial charge in [-0.3, -0.25) is 4.98 Å².